The molecule has 20 heavy (non-hydrogen) atoms. The van der Waals surface area contributed by atoms with E-state index in [9.17, 15) is 9.90 Å². The van der Waals surface area contributed by atoms with Crippen LogP contribution >= 0.6 is 0 Å². The van der Waals surface area contributed by atoms with Crippen molar-refractivity contribution in [3.8, 4) is 5.75 Å². The van der Waals surface area contributed by atoms with Gasteiger partial charge in [0.05, 0.1) is 13.4 Å². The third kappa shape index (κ3) is 3.19. The monoisotopic (exact) mass is 275 g/mol. The van der Waals surface area contributed by atoms with E-state index in [0.717, 1.165) is 11.1 Å². The Morgan fingerprint density at radius 2 is 2.25 bits per heavy atom. The molecule has 1 heterocycles. The minimum Gasteiger partial charge on any atom is -0.508 e. The standard InChI is InChI=1S/C15H17NO4/c1-10(11-4-3-5-13(17)8-11)16-9-12-6-7-20-14(12)15(18)19-2/h3-8,10,16-17H,9H2,1-2H3. The lowest BCUT2D eigenvalue weighted by molar-refractivity contribution is 0.0563. The van der Waals surface area contributed by atoms with Crippen LogP contribution in [0.1, 0.15) is 34.6 Å². The number of methoxy groups -OCH3 is 1. The number of phenols is 1. The van der Waals surface area contributed by atoms with Crippen molar-refractivity contribution in [1.29, 1.82) is 0 Å². The summed E-state index contributed by atoms with van der Waals surface area (Å²) in [5, 5.41) is 12.7. The van der Waals surface area contributed by atoms with E-state index >= 15 is 0 Å². The van der Waals surface area contributed by atoms with Gasteiger partial charge < -0.3 is 19.6 Å². The normalized spacial score (nSPS) is 12.1. The lowest BCUT2D eigenvalue weighted by Crippen LogP contribution is -2.19. The van der Waals surface area contributed by atoms with Crippen molar-refractivity contribution in [2.45, 2.75) is 19.5 Å². The summed E-state index contributed by atoms with van der Waals surface area (Å²) in [7, 11) is 1.32. The number of ether oxygens (including phenoxy) is 1. The average molecular weight is 275 g/mol. The fourth-order valence-corrected chi connectivity index (χ4v) is 1.92. The van der Waals surface area contributed by atoms with Crippen molar-refractivity contribution in [2.75, 3.05) is 7.11 Å². The van der Waals surface area contributed by atoms with Crippen LogP contribution in [-0.2, 0) is 11.3 Å². The zero-order valence-electron chi connectivity index (χ0n) is 11.4. The Bertz CT molecular complexity index is 591. The fourth-order valence-electron chi connectivity index (χ4n) is 1.92. The molecule has 5 heteroatoms. The van der Waals surface area contributed by atoms with E-state index in [2.05, 4.69) is 10.1 Å². The first-order chi connectivity index (χ1) is 9.61. The second-order valence-electron chi connectivity index (χ2n) is 4.46. The van der Waals surface area contributed by atoms with E-state index in [1.54, 1.807) is 24.3 Å². The zero-order valence-corrected chi connectivity index (χ0v) is 11.4. The van der Waals surface area contributed by atoms with E-state index in [1.165, 1.54) is 13.4 Å². The van der Waals surface area contributed by atoms with E-state index < -0.39 is 5.97 Å². The second kappa shape index (κ2) is 6.25. The molecule has 0 saturated carbocycles. The number of rotatable bonds is 5. The summed E-state index contributed by atoms with van der Waals surface area (Å²) in [5.74, 6) is -0.0466. The van der Waals surface area contributed by atoms with Gasteiger partial charge in [-0.2, -0.15) is 0 Å². The number of phenolic OH excluding ortho intramolecular Hbond substituents is 1. The largest absolute Gasteiger partial charge is 0.508 e. The van der Waals surface area contributed by atoms with Gasteiger partial charge in [0.25, 0.3) is 0 Å². The zero-order chi connectivity index (χ0) is 14.5. The van der Waals surface area contributed by atoms with Crippen LogP contribution in [0.2, 0.25) is 0 Å². The van der Waals surface area contributed by atoms with Crippen LogP contribution < -0.4 is 5.32 Å². The molecule has 0 saturated heterocycles. The molecule has 0 aliphatic carbocycles. The molecule has 1 unspecified atom stereocenters. The Labute approximate surface area is 117 Å². The van der Waals surface area contributed by atoms with Crippen molar-refractivity contribution in [2.24, 2.45) is 0 Å². The predicted molar refractivity (Wildman–Crippen MR) is 73.4 cm³/mol. The van der Waals surface area contributed by atoms with Gasteiger partial charge in [-0.3, -0.25) is 0 Å². The van der Waals surface area contributed by atoms with Crippen LogP contribution in [0.5, 0.6) is 5.75 Å². The fraction of sp³-hybridized carbons (Fsp3) is 0.267. The van der Waals surface area contributed by atoms with Gasteiger partial charge in [0, 0.05) is 18.2 Å². The topological polar surface area (TPSA) is 71.7 Å². The Hall–Kier alpha value is -2.27. The highest BCUT2D eigenvalue weighted by Crippen LogP contribution is 2.19. The lowest BCUT2D eigenvalue weighted by atomic mass is 10.1. The number of benzene rings is 1. The molecular formula is C15H17NO4. The van der Waals surface area contributed by atoms with Crippen LogP contribution in [0.25, 0.3) is 0 Å². The van der Waals surface area contributed by atoms with Crippen LogP contribution in [0.15, 0.2) is 41.0 Å². The molecule has 2 rings (SSSR count). The molecule has 1 aromatic carbocycles. The van der Waals surface area contributed by atoms with Crippen molar-refractivity contribution >= 4 is 5.97 Å². The molecular weight excluding hydrogens is 258 g/mol. The maximum Gasteiger partial charge on any atom is 0.374 e. The lowest BCUT2D eigenvalue weighted by Gasteiger charge is -2.14. The van der Waals surface area contributed by atoms with E-state index in [-0.39, 0.29) is 17.6 Å². The van der Waals surface area contributed by atoms with Gasteiger partial charge >= 0.3 is 5.97 Å². The highest BCUT2D eigenvalue weighted by molar-refractivity contribution is 5.87. The molecule has 5 nitrogen and oxygen atoms in total. The molecule has 0 radical (unpaired) electrons. The molecule has 1 aromatic heterocycles. The molecule has 106 valence electrons. The molecule has 0 aliphatic rings. The van der Waals surface area contributed by atoms with E-state index in [1.807, 2.05) is 13.0 Å². The average Bonchev–Trinajstić information content (AvgIpc) is 2.92. The third-order valence-corrected chi connectivity index (χ3v) is 3.09. The Morgan fingerprint density at radius 3 is 2.95 bits per heavy atom. The smallest absolute Gasteiger partial charge is 0.374 e. The molecule has 0 bridgehead atoms. The minimum atomic E-state index is -0.489. The summed E-state index contributed by atoms with van der Waals surface area (Å²) in [6, 6.07) is 8.81. The summed E-state index contributed by atoms with van der Waals surface area (Å²) in [6.07, 6.45) is 1.46. The van der Waals surface area contributed by atoms with Crippen molar-refractivity contribution < 1.29 is 19.1 Å². The Balaban J connectivity index is 2.02. The molecule has 2 N–H and O–H groups in total. The Kier molecular flexibility index (Phi) is 4.42. The third-order valence-electron chi connectivity index (χ3n) is 3.09. The SMILES string of the molecule is COC(=O)c1occc1CNC(C)c1cccc(O)c1. The minimum absolute atomic E-state index is 0.0301. The summed E-state index contributed by atoms with van der Waals surface area (Å²) in [6.45, 7) is 2.45. The van der Waals surface area contributed by atoms with Crippen LogP contribution in [0.3, 0.4) is 0 Å². The number of hydrogen-bond donors (Lipinski definition) is 2. The quantitative estimate of drug-likeness (QED) is 0.821. The van der Waals surface area contributed by atoms with Crippen LogP contribution in [0, 0.1) is 0 Å². The first-order valence-corrected chi connectivity index (χ1v) is 6.29. The maximum atomic E-state index is 11.5. The number of aromatic hydroxyl groups is 1. The van der Waals surface area contributed by atoms with Crippen LogP contribution in [0.4, 0.5) is 0 Å². The number of nitrogens with one attached hydrogen (secondary N) is 1. The highest BCUT2D eigenvalue weighted by Gasteiger charge is 2.16. The van der Waals surface area contributed by atoms with Crippen LogP contribution in [-0.4, -0.2) is 18.2 Å². The van der Waals surface area contributed by atoms with Gasteiger partial charge in [0.15, 0.2) is 0 Å². The van der Waals surface area contributed by atoms with Crippen molar-refractivity contribution in [3.05, 3.63) is 53.5 Å². The van der Waals surface area contributed by atoms with E-state index in [0.29, 0.717) is 6.54 Å². The van der Waals surface area contributed by atoms with Gasteiger partial charge in [-0.25, -0.2) is 4.79 Å². The summed E-state index contributed by atoms with van der Waals surface area (Å²) in [5.41, 5.74) is 1.71. The van der Waals surface area contributed by atoms with E-state index in [4.69, 9.17) is 4.42 Å². The van der Waals surface area contributed by atoms with Gasteiger partial charge in [0.1, 0.15) is 5.75 Å². The molecule has 0 aliphatic heterocycles. The number of esters is 1. The van der Waals surface area contributed by atoms with Gasteiger partial charge in [-0.05, 0) is 30.7 Å². The number of carbonyl (C=O) groups excluding carboxylic acids is 1. The maximum absolute atomic E-state index is 11.5. The number of hydrogen-bond acceptors (Lipinski definition) is 5. The molecule has 2 aromatic rings. The summed E-state index contributed by atoms with van der Waals surface area (Å²) < 4.78 is 9.77. The number of furan rings is 1. The van der Waals surface area contributed by atoms with Gasteiger partial charge in [-0.1, -0.05) is 12.1 Å². The first kappa shape index (κ1) is 14.1. The predicted octanol–water partition coefficient (Wildman–Crippen LogP) is 2.62. The van der Waals surface area contributed by atoms with Gasteiger partial charge in [0.2, 0.25) is 5.76 Å². The Morgan fingerprint density at radius 1 is 1.45 bits per heavy atom. The summed E-state index contributed by atoms with van der Waals surface area (Å²) >= 11 is 0. The highest BCUT2D eigenvalue weighted by atomic mass is 16.5. The molecule has 1 atom stereocenters. The number of carbonyl (C=O) groups is 1. The van der Waals surface area contributed by atoms with Gasteiger partial charge in [-0.15, -0.1) is 0 Å². The second-order valence-corrected chi connectivity index (χ2v) is 4.46. The molecule has 0 amide bonds. The van der Waals surface area contributed by atoms with Crippen molar-refractivity contribution in [1.82, 2.24) is 5.32 Å². The molecule has 0 fully saturated rings. The summed E-state index contributed by atoms with van der Waals surface area (Å²) in [4.78, 5) is 11.5. The first-order valence-electron chi connectivity index (χ1n) is 6.29. The van der Waals surface area contributed by atoms with Crippen molar-refractivity contribution in [3.63, 3.8) is 0 Å². The molecule has 0 spiro atoms.